The van der Waals surface area contributed by atoms with Gasteiger partial charge in [-0.15, -0.1) is 0 Å². The van der Waals surface area contributed by atoms with Crippen LogP contribution in [0.3, 0.4) is 0 Å². The summed E-state index contributed by atoms with van der Waals surface area (Å²) < 4.78 is 41.2. The van der Waals surface area contributed by atoms with Crippen molar-refractivity contribution in [2.24, 2.45) is 0 Å². The number of carbonyl (C=O) groups is 1. The fourth-order valence-corrected chi connectivity index (χ4v) is 4.36. The molecule has 2 aromatic rings. The van der Waals surface area contributed by atoms with Crippen molar-refractivity contribution in [3.8, 4) is 0 Å². The summed E-state index contributed by atoms with van der Waals surface area (Å²) >= 11 is 0. The first kappa shape index (κ1) is 18.5. The van der Waals surface area contributed by atoms with Gasteiger partial charge in [-0.3, -0.25) is 4.79 Å². The third kappa shape index (κ3) is 3.78. The molecule has 0 unspecified atom stereocenters. The van der Waals surface area contributed by atoms with E-state index in [-0.39, 0.29) is 29.0 Å². The number of carbonyl (C=O) groups excluding carboxylic acids is 1. The van der Waals surface area contributed by atoms with Crippen LogP contribution in [0.1, 0.15) is 35.3 Å². The lowest BCUT2D eigenvalue weighted by molar-refractivity contribution is 0.0730. The summed E-state index contributed by atoms with van der Waals surface area (Å²) in [4.78, 5) is 14.3. The van der Waals surface area contributed by atoms with Crippen LogP contribution in [0.4, 0.5) is 4.39 Å². The first-order chi connectivity index (χ1) is 12.3. The molecule has 3 rings (SSSR count). The number of benzene rings is 2. The number of amides is 1. The van der Waals surface area contributed by atoms with E-state index in [1.54, 1.807) is 43.0 Å². The Labute approximate surface area is 152 Å². The van der Waals surface area contributed by atoms with Crippen LogP contribution in [0, 0.1) is 5.82 Å². The van der Waals surface area contributed by atoms with Gasteiger partial charge >= 0.3 is 0 Å². The molecule has 0 spiro atoms. The van der Waals surface area contributed by atoms with Gasteiger partial charge in [-0.1, -0.05) is 18.2 Å². The van der Waals surface area contributed by atoms with Crippen molar-refractivity contribution >= 4 is 15.9 Å². The highest BCUT2D eigenvalue weighted by molar-refractivity contribution is 7.89. The molecule has 138 valence electrons. The highest BCUT2D eigenvalue weighted by atomic mass is 32.2. The molecule has 5 nitrogen and oxygen atoms in total. The van der Waals surface area contributed by atoms with Crippen LogP contribution in [0.2, 0.25) is 0 Å². The van der Waals surface area contributed by atoms with Crippen LogP contribution in [-0.2, 0) is 23.0 Å². The van der Waals surface area contributed by atoms with Crippen LogP contribution in [0.15, 0.2) is 47.4 Å². The average Bonchev–Trinajstić information content (AvgIpc) is 2.59. The number of hydrogen-bond acceptors (Lipinski definition) is 3. The molecule has 0 aliphatic carbocycles. The van der Waals surface area contributed by atoms with Gasteiger partial charge in [0.05, 0.1) is 10.5 Å². The predicted octanol–water partition coefficient (Wildman–Crippen LogP) is 2.71. The van der Waals surface area contributed by atoms with Crippen molar-refractivity contribution in [3.05, 3.63) is 65.0 Å². The molecule has 7 heteroatoms. The van der Waals surface area contributed by atoms with Gasteiger partial charge in [0, 0.05) is 19.1 Å². The minimum atomic E-state index is -3.60. The van der Waals surface area contributed by atoms with Crippen molar-refractivity contribution in [3.63, 3.8) is 0 Å². The van der Waals surface area contributed by atoms with E-state index in [1.807, 2.05) is 0 Å². The molecule has 1 N–H and O–H groups in total. The van der Waals surface area contributed by atoms with E-state index >= 15 is 0 Å². The molecule has 0 atom stereocenters. The quantitative estimate of drug-likeness (QED) is 0.892. The summed E-state index contributed by atoms with van der Waals surface area (Å²) in [7, 11) is -3.60. The van der Waals surface area contributed by atoms with Gasteiger partial charge in [-0.05, 0) is 55.7 Å². The maximum Gasteiger partial charge on any atom is 0.257 e. The number of nitrogens with zero attached hydrogens (tertiary/aromatic N) is 1. The monoisotopic (exact) mass is 376 g/mol. The summed E-state index contributed by atoms with van der Waals surface area (Å²) in [5.41, 5.74) is 1.81. The second-order valence-electron chi connectivity index (χ2n) is 6.66. The standard InChI is InChI=1S/C19H21FN2O3S/c1-13(2)21-26(24,25)16-8-7-14-9-10-22(12-15(14)11-16)19(23)17-5-3-4-6-18(17)20/h3-8,11,13,21H,9-10,12H2,1-2H3. The zero-order valence-electron chi connectivity index (χ0n) is 14.7. The number of halogens is 1. The Morgan fingerprint density at radius 1 is 1.15 bits per heavy atom. The molecule has 1 aliphatic heterocycles. The van der Waals surface area contributed by atoms with Crippen LogP contribution in [0.5, 0.6) is 0 Å². The minimum Gasteiger partial charge on any atom is -0.334 e. The average molecular weight is 376 g/mol. The minimum absolute atomic E-state index is 0.0289. The van der Waals surface area contributed by atoms with E-state index in [4.69, 9.17) is 0 Å². The van der Waals surface area contributed by atoms with Gasteiger partial charge in [0.2, 0.25) is 10.0 Å². The van der Waals surface area contributed by atoms with Crippen molar-refractivity contribution in [1.29, 1.82) is 0 Å². The lowest BCUT2D eigenvalue weighted by atomic mass is 9.99. The van der Waals surface area contributed by atoms with Crippen LogP contribution < -0.4 is 4.72 Å². The summed E-state index contributed by atoms with van der Waals surface area (Å²) in [6.07, 6.45) is 0.605. The smallest absolute Gasteiger partial charge is 0.257 e. The highest BCUT2D eigenvalue weighted by Gasteiger charge is 2.25. The van der Waals surface area contributed by atoms with Crippen molar-refractivity contribution in [2.75, 3.05) is 6.54 Å². The molecule has 0 saturated heterocycles. The number of hydrogen-bond donors (Lipinski definition) is 1. The van der Waals surface area contributed by atoms with Gasteiger partial charge in [0.15, 0.2) is 0 Å². The summed E-state index contributed by atoms with van der Waals surface area (Å²) in [6.45, 7) is 4.24. The van der Waals surface area contributed by atoms with Crippen LogP contribution in [-0.4, -0.2) is 31.8 Å². The molecule has 1 heterocycles. The SMILES string of the molecule is CC(C)NS(=O)(=O)c1ccc2c(c1)CN(C(=O)c1ccccc1F)CC2. The van der Waals surface area contributed by atoms with Gasteiger partial charge in [-0.2, -0.15) is 0 Å². The Hall–Kier alpha value is -2.25. The number of rotatable bonds is 4. The van der Waals surface area contributed by atoms with E-state index < -0.39 is 15.8 Å². The molecule has 26 heavy (non-hydrogen) atoms. The Kier molecular flexibility index (Phi) is 5.11. The number of fused-ring (bicyclic) bond motifs is 1. The van der Waals surface area contributed by atoms with Crippen LogP contribution >= 0.6 is 0 Å². The van der Waals surface area contributed by atoms with E-state index in [9.17, 15) is 17.6 Å². The predicted molar refractivity (Wildman–Crippen MR) is 96.7 cm³/mol. The molecule has 0 fully saturated rings. The maximum absolute atomic E-state index is 13.9. The Bertz CT molecular complexity index is 942. The van der Waals surface area contributed by atoms with Crippen LogP contribution in [0.25, 0.3) is 0 Å². The van der Waals surface area contributed by atoms with Crippen molar-refractivity contribution in [2.45, 2.75) is 37.8 Å². The van der Waals surface area contributed by atoms with E-state index in [2.05, 4.69) is 4.72 Å². The highest BCUT2D eigenvalue weighted by Crippen LogP contribution is 2.24. The summed E-state index contributed by atoms with van der Waals surface area (Å²) in [6, 6.07) is 10.6. The fraction of sp³-hybridized carbons (Fsp3) is 0.316. The number of sulfonamides is 1. The third-order valence-electron chi connectivity index (χ3n) is 4.28. The molecule has 1 aliphatic rings. The maximum atomic E-state index is 13.9. The van der Waals surface area contributed by atoms with E-state index in [1.165, 1.54) is 18.2 Å². The lowest BCUT2D eigenvalue weighted by Gasteiger charge is -2.29. The van der Waals surface area contributed by atoms with Crippen molar-refractivity contribution in [1.82, 2.24) is 9.62 Å². The second kappa shape index (κ2) is 7.17. The van der Waals surface area contributed by atoms with Gasteiger partial charge in [0.1, 0.15) is 5.82 Å². The summed E-state index contributed by atoms with van der Waals surface area (Å²) in [5, 5.41) is 0. The van der Waals surface area contributed by atoms with Gasteiger partial charge in [-0.25, -0.2) is 17.5 Å². The molecular weight excluding hydrogens is 355 g/mol. The molecule has 0 saturated carbocycles. The fourth-order valence-electron chi connectivity index (χ4n) is 3.06. The Balaban J connectivity index is 1.87. The molecule has 0 aromatic heterocycles. The zero-order valence-corrected chi connectivity index (χ0v) is 15.5. The first-order valence-corrected chi connectivity index (χ1v) is 9.94. The molecule has 2 aromatic carbocycles. The number of nitrogens with one attached hydrogen (secondary N) is 1. The topological polar surface area (TPSA) is 66.5 Å². The zero-order chi connectivity index (χ0) is 18.9. The lowest BCUT2D eigenvalue weighted by Crippen LogP contribution is -2.36. The van der Waals surface area contributed by atoms with Crippen molar-refractivity contribution < 1.29 is 17.6 Å². The molecular formula is C19H21FN2O3S. The first-order valence-electron chi connectivity index (χ1n) is 8.46. The Morgan fingerprint density at radius 2 is 1.88 bits per heavy atom. The summed E-state index contributed by atoms with van der Waals surface area (Å²) in [5.74, 6) is -0.942. The van der Waals surface area contributed by atoms with E-state index in [0.717, 1.165) is 11.1 Å². The van der Waals surface area contributed by atoms with E-state index in [0.29, 0.717) is 13.0 Å². The second-order valence-corrected chi connectivity index (χ2v) is 8.38. The largest absolute Gasteiger partial charge is 0.334 e. The molecule has 0 radical (unpaired) electrons. The molecule has 0 bridgehead atoms. The molecule has 1 amide bonds. The van der Waals surface area contributed by atoms with Gasteiger partial charge < -0.3 is 4.90 Å². The Morgan fingerprint density at radius 3 is 2.58 bits per heavy atom. The normalized spacial score (nSPS) is 14.4. The van der Waals surface area contributed by atoms with Gasteiger partial charge in [0.25, 0.3) is 5.91 Å². The third-order valence-corrected chi connectivity index (χ3v) is 5.94.